The standard InChI is InChI=1S/C14H26N4/c1-9(2)13-17-11(15)7-12(18-13)16-8-10(3)14(4,5)6/h7,9-10H,8H2,1-6H3,(H3,15,16,17,18). The van der Waals surface area contributed by atoms with E-state index in [0.717, 1.165) is 18.2 Å². The predicted molar refractivity (Wildman–Crippen MR) is 77.6 cm³/mol. The molecular formula is C14H26N4. The maximum Gasteiger partial charge on any atom is 0.135 e. The van der Waals surface area contributed by atoms with Gasteiger partial charge in [0.05, 0.1) is 0 Å². The molecule has 4 nitrogen and oxygen atoms in total. The van der Waals surface area contributed by atoms with Crippen LogP contribution in [0, 0.1) is 11.3 Å². The zero-order chi connectivity index (χ0) is 13.9. The van der Waals surface area contributed by atoms with Crippen molar-refractivity contribution in [2.24, 2.45) is 11.3 Å². The topological polar surface area (TPSA) is 63.8 Å². The summed E-state index contributed by atoms with van der Waals surface area (Å²) in [5.74, 6) is 2.98. The van der Waals surface area contributed by atoms with E-state index in [1.807, 2.05) is 0 Å². The van der Waals surface area contributed by atoms with Crippen LogP contribution in [0.15, 0.2) is 6.07 Å². The number of nitrogens with one attached hydrogen (secondary N) is 1. The Morgan fingerprint density at radius 1 is 1.22 bits per heavy atom. The lowest BCUT2D eigenvalue weighted by Crippen LogP contribution is -2.25. The van der Waals surface area contributed by atoms with Crippen molar-refractivity contribution in [1.29, 1.82) is 0 Å². The number of hydrogen-bond acceptors (Lipinski definition) is 4. The highest BCUT2D eigenvalue weighted by Crippen LogP contribution is 2.25. The molecule has 0 saturated heterocycles. The number of aromatic nitrogens is 2. The van der Waals surface area contributed by atoms with Gasteiger partial charge in [-0.1, -0.05) is 41.5 Å². The van der Waals surface area contributed by atoms with Crippen molar-refractivity contribution in [3.63, 3.8) is 0 Å². The molecule has 0 amide bonds. The highest BCUT2D eigenvalue weighted by Gasteiger charge is 2.19. The Kier molecular flexibility index (Phi) is 4.54. The average molecular weight is 250 g/mol. The summed E-state index contributed by atoms with van der Waals surface area (Å²) in [5, 5.41) is 3.36. The smallest absolute Gasteiger partial charge is 0.135 e. The van der Waals surface area contributed by atoms with E-state index in [1.54, 1.807) is 6.07 Å². The van der Waals surface area contributed by atoms with E-state index in [-0.39, 0.29) is 11.3 Å². The van der Waals surface area contributed by atoms with Crippen LogP contribution < -0.4 is 11.1 Å². The van der Waals surface area contributed by atoms with Gasteiger partial charge in [0.25, 0.3) is 0 Å². The van der Waals surface area contributed by atoms with Gasteiger partial charge < -0.3 is 11.1 Å². The van der Waals surface area contributed by atoms with Gasteiger partial charge in [0.1, 0.15) is 17.5 Å². The zero-order valence-corrected chi connectivity index (χ0v) is 12.4. The second kappa shape index (κ2) is 5.55. The fraction of sp³-hybridized carbons (Fsp3) is 0.714. The Bertz CT molecular complexity index is 393. The monoisotopic (exact) mass is 250 g/mol. The van der Waals surface area contributed by atoms with Crippen LogP contribution >= 0.6 is 0 Å². The number of nitrogen functional groups attached to an aromatic ring is 1. The zero-order valence-electron chi connectivity index (χ0n) is 12.4. The van der Waals surface area contributed by atoms with Crippen LogP contribution in [-0.4, -0.2) is 16.5 Å². The van der Waals surface area contributed by atoms with Crippen molar-refractivity contribution in [2.45, 2.75) is 47.5 Å². The molecule has 0 radical (unpaired) electrons. The van der Waals surface area contributed by atoms with Gasteiger partial charge in [-0.2, -0.15) is 0 Å². The summed E-state index contributed by atoms with van der Waals surface area (Å²) in [7, 11) is 0. The van der Waals surface area contributed by atoms with Gasteiger partial charge in [0, 0.05) is 18.5 Å². The lowest BCUT2D eigenvalue weighted by molar-refractivity contribution is 0.274. The van der Waals surface area contributed by atoms with E-state index in [9.17, 15) is 0 Å². The summed E-state index contributed by atoms with van der Waals surface area (Å²) in [4.78, 5) is 8.72. The first kappa shape index (κ1) is 14.7. The van der Waals surface area contributed by atoms with Gasteiger partial charge in [0.2, 0.25) is 0 Å². The number of rotatable bonds is 4. The molecule has 18 heavy (non-hydrogen) atoms. The van der Waals surface area contributed by atoms with Gasteiger partial charge in [-0.05, 0) is 11.3 Å². The van der Waals surface area contributed by atoms with Crippen LogP contribution in [0.4, 0.5) is 11.6 Å². The van der Waals surface area contributed by atoms with Crippen LogP contribution in [-0.2, 0) is 0 Å². The average Bonchev–Trinajstić information content (AvgIpc) is 2.23. The molecule has 0 aliphatic rings. The molecule has 1 unspecified atom stereocenters. The van der Waals surface area contributed by atoms with Crippen molar-refractivity contribution in [1.82, 2.24) is 9.97 Å². The molecule has 1 atom stereocenters. The van der Waals surface area contributed by atoms with E-state index in [1.165, 1.54) is 0 Å². The SMILES string of the molecule is CC(C)c1nc(N)cc(NCC(C)C(C)(C)C)n1. The Morgan fingerprint density at radius 3 is 2.33 bits per heavy atom. The normalized spacial score (nSPS) is 13.7. The van der Waals surface area contributed by atoms with Crippen molar-refractivity contribution >= 4 is 11.6 Å². The third-order valence-corrected chi connectivity index (χ3v) is 3.35. The van der Waals surface area contributed by atoms with Crippen molar-refractivity contribution in [2.75, 3.05) is 17.6 Å². The van der Waals surface area contributed by atoms with Crippen molar-refractivity contribution in [3.8, 4) is 0 Å². The summed E-state index contributed by atoms with van der Waals surface area (Å²) in [5.41, 5.74) is 6.08. The molecule has 102 valence electrons. The van der Waals surface area contributed by atoms with Crippen LogP contribution in [0.5, 0.6) is 0 Å². The summed E-state index contributed by atoms with van der Waals surface area (Å²) < 4.78 is 0. The first-order chi connectivity index (χ1) is 8.20. The van der Waals surface area contributed by atoms with Crippen molar-refractivity contribution in [3.05, 3.63) is 11.9 Å². The van der Waals surface area contributed by atoms with E-state index < -0.39 is 0 Å². The minimum Gasteiger partial charge on any atom is -0.384 e. The highest BCUT2D eigenvalue weighted by atomic mass is 15.1. The summed E-state index contributed by atoms with van der Waals surface area (Å²) in [6, 6.07) is 1.79. The summed E-state index contributed by atoms with van der Waals surface area (Å²) in [6.07, 6.45) is 0. The quantitative estimate of drug-likeness (QED) is 0.860. The molecule has 1 rings (SSSR count). The molecule has 0 aromatic carbocycles. The second-order valence-corrected chi connectivity index (χ2v) is 6.34. The molecule has 0 fully saturated rings. The third-order valence-electron chi connectivity index (χ3n) is 3.35. The third kappa shape index (κ3) is 4.17. The molecule has 1 aromatic heterocycles. The molecule has 1 aromatic rings. The summed E-state index contributed by atoms with van der Waals surface area (Å²) in [6.45, 7) is 14.0. The molecule has 1 heterocycles. The van der Waals surface area contributed by atoms with E-state index in [0.29, 0.717) is 11.7 Å². The van der Waals surface area contributed by atoms with E-state index in [2.05, 4.69) is 56.8 Å². The molecule has 0 aliphatic carbocycles. The Labute approximate surface area is 110 Å². The second-order valence-electron chi connectivity index (χ2n) is 6.34. The lowest BCUT2D eigenvalue weighted by Gasteiger charge is -2.27. The van der Waals surface area contributed by atoms with Crippen LogP contribution in [0.2, 0.25) is 0 Å². The van der Waals surface area contributed by atoms with Gasteiger partial charge in [-0.25, -0.2) is 9.97 Å². The molecule has 0 saturated carbocycles. The Morgan fingerprint density at radius 2 is 1.83 bits per heavy atom. The van der Waals surface area contributed by atoms with Crippen LogP contribution in [0.25, 0.3) is 0 Å². The minimum absolute atomic E-state index is 0.284. The van der Waals surface area contributed by atoms with Crippen molar-refractivity contribution < 1.29 is 0 Å². The van der Waals surface area contributed by atoms with E-state index in [4.69, 9.17) is 5.73 Å². The maximum atomic E-state index is 5.80. The summed E-state index contributed by atoms with van der Waals surface area (Å²) >= 11 is 0. The predicted octanol–water partition coefficient (Wildman–Crippen LogP) is 3.28. The largest absolute Gasteiger partial charge is 0.384 e. The number of hydrogen-bond donors (Lipinski definition) is 2. The van der Waals surface area contributed by atoms with Gasteiger partial charge in [0.15, 0.2) is 0 Å². The number of nitrogens with two attached hydrogens (primary N) is 1. The van der Waals surface area contributed by atoms with Gasteiger partial charge in [-0.15, -0.1) is 0 Å². The first-order valence-corrected chi connectivity index (χ1v) is 6.58. The molecule has 3 N–H and O–H groups in total. The highest BCUT2D eigenvalue weighted by molar-refractivity contribution is 5.44. The number of nitrogens with zero attached hydrogens (tertiary/aromatic N) is 2. The fourth-order valence-electron chi connectivity index (χ4n) is 1.40. The van der Waals surface area contributed by atoms with Gasteiger partial charge in [-0.3, -0.25) is 0 Å². The first-order valence-electron chi connectivity index (χ1n) is 6.58. The van der Waals surface area contributed by atoms with Gasteiger partial charge >= 0.3 is 0 Å². The minimum atomic E-state index is 0.284. The molecule has 0 bridgehead atoms. The molecule has 4 heteroatoms. The fourth-order valence-corrected chi connectivity index (χ4v) is 1.40. The number of anilines is 2. The van der Waals surface area contributed by atoms with E-state index >= 15 is 0 Å². The van der Waals surface area contributed by atoms with Crippen LogP contribution in [0.3, 0.4) is 0 Å². The maximum absolute atomic E-state index is 5.80. The van der Waals surface area contributed by atoms with Crippen LogP contribution in [0.1, 0.15) is 53.3 Å². The molecular weight excluding hydrogens is 224 g/mol. The molecule has 0 spiro atoms. The Balaban J connectivity index is 2.73. The molecule has 0 aliphatic heterocycles. The lowest BCUT2D eigenvalue weighted by atomic mass is 9.82. The Hall–Kier alpha value is -1.32.